The first kappa shape index (κ1) is 20.3. The van der Waals surface area contributed by atoms with Crippen molar-refractivity contribution in [2.24, 2.45) is 7.05 Å². The van der Waals surface area contributed by atoms with Crippen LogP contribution in [0.1, 0.15) is 10.4 Å². The first-order chi connectivity index (χ1) is 14.3. The van der Waals surface area contributed by atoms with Crippen molar-refractivity contribution in [3.63, 3.8) is 0 Å². The standard InChI is InChI=1S/C19H18B4ClN5O/c1-29-7-25-6-11(29)9-3-2-8-5-26-12(4-10(8)27-9)28-19(30)13-14(20)16(22)18(24)17(23)15(13)21/h2-7H,20-23H2,1H3,(H,26,28,30). The van der Waals surface area contributed by atoms with E-state index in [4.69, 9.17) is 16.6 Å². The number of carbonyl (C=O) groups is 1. The molecule has 0 aliphatic heterocycles. The van der Waals surface area contributed by atoms with Gasteiger partial charge in [-0.25, -0.2) is 15.0 Å². The molecule has 4 aromatic rings. The number of anilines is 1. The molecule has 0 bridgehead atoms. The molecule has 30 heavy (non-hydrogen) atoms. The van der Waals surface area contributed by atoms with Gasteiger partial charge in [0.1, 0.15) is 37.2 Å². The SMILES string of the molecule is Bc1c(B)c(C(=O)Nc2cc3nc(-c4cncn4C)ccc3cn2)c(B)c(B)c1Cl. The molecule has 0 aliphatic carbocycles. The van der Waals surface area contributed by atoms with Crippen molar-refractivity contribution in [2.75, 3.05) is 5.32 Å². The molecule has 0 unspecified atom stereocenters. The van der Waals surface area contributed by atoms with Crippen LogP contribution in [0.2, 0.25) is 5.02 Å². The van der Waals surface area contributed by atoms with Crippen molar-refractivity contribution in [2.45, 2.75) is 0 Å². The Kier molecular flexibility index (Phi) is 5.20. The van der Waals surface area contributed by atoms with Gasteiger partial charge < -0.3 is 9.88 Å². The number of halogens is 1. The van der Waals surface area contributed by atoms with Crippen molar-refractivity contribution in [1.29, 1.82) is 0 Å². The lowest BCUT2D eigenvalue weighted by Crippen LogP contribution is -2.47. The van der Waals surface area contributed by atoms with Crippen molar-refractivity contribution < 1.29 is 4.79 Å². The van der Waals surface area contributed by atoms with Crippen LogP contribution < -0.4 is 27.2 Å². The van der Waals surface area contributed by atoms with E-state index < -0.39 is 0 Å². The van der Waals surface area contributed by atoms with Crippen molar-refractivity contribution in [3.8, 4) is 11.4 Å². The van der Waals surface area contributed by atoms with Gasteiger partial charge >= 0.3 is 0 Å². The first-order valence-electron chi connectivity index (χ1n) is 9.58. The summed E-state index contributed by atoms with van der Waals surface area (Å²) in [6.45, 7) is 0. The van der Waals surface area contributed by atoms with Crippen LogP contribution >= 0.6 is 11.6 Å². The average molecular weight is 411 g/mol. The maximum atomic E-state index is 13.1. The number of carbonyl (C=O) groups excluding carboxylic acids is 1. The smallest absolute Gasteiger partial charge is 0.255 e. The highest BCUT2D eigenvalue weighted by atomic mass is 35.5. The second-order valence-electron chi connectivity index (χ2n) is 7.49. The summed E-state index contributed by atoms with van der Waals surface area (Å²) in [6, 6.07) is 5.68. The van der Waals surface area contributed by atoms with Crippen LogP contribution in [0, 0.1) is 0 Å². The van der Waals surface area contributed by atoms with Crippen LogP contribution in [-0.2, 0) is 7.05 Å². The van der Waals surface area contributed by atoms with Crippen molar-refractivity contribution in [3.05, 3.63) is 47.5 Å². The predicted octanol–water partition coefficient (Wildman–Crippen LogP) is -3.03. The number of hydrogen-bond donors (Lipinski definition) is 1. The van der Waals surface area contributed by atoms with Crippen molar-refractivity contribution in [1.82, 2.24) is 19.5 Å². The van der Waals surface area contributed by atoms with Gasteiger partial charge in [0, 0.05) is 35.3 Å². The van der Waals surface area contributed by atoms with Gasteiger partial charge in [-0.15, -0.1) is 0 Å². The normalized spacial score (nSPS) is 11.0. The van der Waals surface area contributed by atoms with Gasteiger partial charge in [0.2, 0.25) is 0 Å². The molecule has 1 aromatic carbocycles. The number of benzene rings is 1. The van der Waals surface area contributed by atoms with Crippen molar-refractivity contribution >= 4 is 87.5 Å². The Labute approximate surface area is 183 Å². The zero-order chi connectivity index (χ0) is 21.6. The average Bonchev–Trinajstić information content (AvgIpc) is 3.16. The summed E-state index contributed by atoms with van der Waals surface area (Å²) in [7, 11) is 9.61. The number of nitrogens with one attached hydrogen (secondary N) is 1. The number of fused-ring (bicyclic) bond motifs is 1. The monoisotopic (exact) mass is 411 g/mol. The lowest BCUT2D eigenvalue weighted by molar-refractivity contribution is 0.102. The summed E-state index contributed by atoms with van der Waals surface area (Å²) in [5.41, 5.74) is 6.68. The third kappa shape index (κ3) is 3.41. The van der Waals surface area contributed by atoms with E-state index in [2.05, 4.69) is 15.3 Å². The molecule has 0 saturated heterocycles. The third-order valence-corrected chi connectivity index (χ3v) is 6.22. The Morgan fingerprint density at radius 1 is 1.07 bits per heavy atom. The molecule has 0 saturated carbocycles. The van der Waals surface area contributed by atoms with E-state index in [0.717, 1.165) is 44.1 Å². The summed E-state index contributed by atoms with van der Waals surface area (Å²) >= 11 is 6.40. The number of aromatic nitrogens is 4. The summed E-state index contributed by atoms with van der Waals surface area (Å²) < 4.78 is 1.91. The summed E-state index contributed by atoms with van der Waals surface area (Å²) in [5.74, 6) is 0.244. The van der Waals surface area contributed by atoms with E-state index in [9.17, 15) is 4.79 Å². The van der Waals surface area contributed by atoms with Gasteiger partial charge in [0.05, 0.1) is 29.4 Å². The molecule has 11 heteroatoms. The third-order valence-electron chi connectivity index (χ3n) is 5.65. The van der Waals surface area contributed by atoms with E-state index in [-0.39, 0.29) is 5.91 Å². The zero-order valence-electron chi connectivity index (χ0n) is 17.5. The molecule has 3 aromatic heterocycles. The van der Waals surface area contributed by atoms with E-state index in [0.29, 0.717) is 16.4 Å². The molecule has 0 radical (unpaired) electrons. The number of hydrogen-bond acceptors (Lipinski definition) is 4. The van der Waals surface area contributed by atoms with Crippen LogP contribution in [0.5, 0.6) is 0 Å². The quantitative estimate of drug-likeness (QED) is 0.365. The molecule has 0 atom stereocenters. The predicted molar refractivity (Wildman–Crippen MR) is 134 cm³/mol. The number of amides is 1. The molecular weight excluding hydrogens is 393 g/mol. The topological polar surface area (TPSA) is 72.7 Å². The maximum Gasteiger partial charge on any atom is 0.255 e. The number of aryl methyl sites for hydroxylation is 1. The Morgan fingerprint density at radius 2 is 1.77 bits per heavy atom. The van der Waals surface area contributed by atoms with Gasteiger partial charge in [0.25, 0.3) is 5.91 Å². The molecule has 4 rings (SSSR count). The van der Waals surface area contributed by atoms with Gasteiger partial charge in [-0.2, -0.15) is 0 Å². The molecule has 0 fully saturated rings. The summed E-state index contributed by atoms with van der Waals surface area (Å²) in [6.07, 6.45) is 5.22. The number of rotatable bonds is 3. The number of imidazole rings is 1. The van der Waals surface area contributed by atoms with Gasteiger partial charge in [-0.1, -0.05) is 33.5 Å². The minimum absolute atomic E-state index is 0.206. The van der Waals surface area contributed by atoms with Crippen LogP contribution in [0.4, 0.5) is 5.82 Å². The second kappa shape index (κ2) is 7.69. The minimum Gasteiger partial charge on any atom is -0.332 e. The zero-order valence-corrected chi connectivity index (χ0v) is 18.3. The molecule has 3 heterocycles. The molecule has 0 aliphatic rings. The fourth-order valence-electron chi connectivity index (χ4n) is 3.62. The van der Waals surface area contributed by atoms with Crippen LogP contribution in [0.3, 0.4) is 0 Å². The highest BCUT2D eigenvalue weighted by Crippen LogP contribution is 2.21. The van der Waals surface area contributed by atoms with Gasteiger partial charge in [0.15, 0.2) is 0 Å². The Balaban J connectivity index is 1.71. The number of nitrogens with zero attached hydrogens (tertiary/aromatic N) is 4. The second-order valence-corrected chi connectivity index (χ2v) is 7.87. The van der Waals surface area contributed by atoms with Crippen LogP contribution in [0.15, 0.2) is 36.9 Å². The van der Waals surface area contributed by atoms with E-state index >= 15 is 0 Å². The molecule has 6 nitrogen and oxygen atoms in total. The first-order valence-corrected chi connectivity index (χ1v) is 9.96. The Hall–Kier alpha value is -2.99. The highest BCUT2D eigenvalue weighted by molar-refractivity contribution is 6.65. The molecule has 1 amide bonds. The molecule has 1 N–H and O–H groups in total. The maximum absolute atomic E-state index is 13.1. The van der Waals surface area contributed by atoms with Crippen LogP contribution in [0.25, 0.3) is 22.3 Å². The fraction of sp³-hybridized carbons (Fsp3) is 0.0526. The molecular formula is C19H18B4ClN5O. The number of pyridine rings is 2. The Bertz CT molecular complexity index is 1300. The van der Waals surface area contributed by atoms with E-state index in [1.165, 1.54) is 0 Å². The van der Waals surface area contributed by atoms with Gasteiger partial charge in [-0.05, 0) is 12.1 Å². The summed E-state index contributed by atoms with van der Waals surface area (Å²) in [5, 5.41) is 4.52. The highest BCUT2D eigenvalue weighted by Gasteiger charge is 2.19. The summed E-state index contributed by atoms with van der Waals surface area (Å²) in [4.78, 5) is 26.3. The van der Waals surface area contributed by atoms with Crippen LogP contribution in [-0.4, -0.2) is 56.8 Å². The largest absolute Gasteiger partial charge is 0.332 e. The van der Waals surface area contributed by atoms with E-state index in [1.54, 1.807) is 24.8 Å². The molecule has 144 valence electrons. The van der Waals surface area contributed by atoms with Gasteiger partial charge in [-0.3, -0.25) is 4.79 Å². The van der Waals surface area contributed by atoms with E-state index in [1.807, 2.05) is 55.1 Å². The Morgan fingerprint density at radius 3 is 2.40 bits per heavy atom. The fourth-order valence-corrected chi connectivity index (χ4v) is 3.90. The lowest BCUT2D eigenvalue weighted by Gasteiger charge is -2.18. The lowest BCUT2D eigenvalue weighted by atomic mass is 9.67. The minimum atomic E-state index is -0.206. The molecule has 0 spiro atoms.